The molecule has 1 rings (SSSR count). The van der Waals surface area contributed by atoms with E-state index in [2.05, 4.69) is 21.2 Å². The van der Waals surface area contributed by atoms with Gasteiger partial charge in [-0.3, -0.25) is 4.79 Å². The molecule has 100 valence electrons. The van der Waals surface area contributed by atoms with Crippen LogP contribution in [0.3, 0.4) is 0 Å². The molecule has 0 fully saturated rings. The molecule has 0 aliphatic carbocycles. The Hall–Kier alpha value is -1.07. The molecular formula is C13H19BrN2O2. The first-order chi connectivity index (χ1) is 8.36. The number of benzene rings is 1. The Kier molecular flexibility index (Phi) is 5.16. The molecule has 0 unspecified atom stereocenters. The van der Waals surface area contributed by atoms with Crippen molar-refractivity contribution < 1.29 is 9.53 Å². The van der Waals surface area contributed by atoms with Gasteiger partial charge in [0.15, 0.2) is 0 Å². The van der Waals surface area contributed by atoms with Gasteiger partial charge in [0.25, 0.3) is 0 Å². The van der Waals surface area contributed by atoms with E-state index in [1.54, 1.807) is 7.11 Å². The van der Waals surface area contributed by atoms with Gasteiger partial charge in [0.1, 0.15) is 5.75 Å². The summed E-state index contributed by atoms with van der Waals surface area (Å²) < 4.78 is 6.27. The summed E-state index contributed by atoms with van der Waals surface area (Å²) in [6.45, 7) is 4.79. The van der Waals surface area contributed by atoms with Gasteiger partial charge in [-0.2, -0.15) is 0 Å². The van der Waals surface area contributed by atoms with Crippen LogP contribution < -0.4 is 15.8 Å². The van der Waals surface area contributed by atoms with Crippen molar-refractivity contribution in [3.8, 4) is 5.75 Å². The third-order valence-electron chi connectivity index (χ3n) is 2.79. The van der Waals surface area contributed by atoms with Crippen LogP contribution in [0.1, 0.15) is 19.4 Å². The molecule has 0 aliphatic rings. The second kappa shape index (κ2) is 6.20. The number of carbonyl (C=O) groups is 1. The zero-order chi connectivity index (χ0) is 13.8. The van der Waals surface area contributed by atoms with Crippen molar-refractivity contribution in [1.29, 1.82) is 0 Å². The molecule has 0 radical (unpaired) electrons. The maximum absolute atomic E-state index is 11.2. The Morgan fingerprint density at radius 2 is 2.17 bits per heavy atom. The van der Waals surface area contributed by atoms with Crippen molar-refractivity contribution in [1.82, 2.24) is 5.32 Å². The number of hydrogen-bond acceptors (Lipinski definition) is 3. The maximum Gasteiger partial charge on any atom is 0.224 e. The minimum absolute atomic E-state index is 0.309. The van der Waals surface area contributed by atoms with E-state index >= 15 is 0 Å². The molecule has 3 N–H and O–H groups in total. The molecule has 0 heterocycles. The number of nitrogens with one attached hydrogen (secondary N) is 1. The van der Waals surface area contributed by atoms with Gasteiger partial charge in [-0.25, -0.2) is 0 Å². The summed E-state index contributed by atoms with van der Waals surface area (Å²) >= 11 is 3.42. The lowest BCUT2D eigenvalue weighted by atomic mass is 9.93. The van der Waals surface area contributed by atoms with E-state index < -0.39 is 5.41 Å². The highest BCUT2D eigenvalue weighted by Gasteiger charge is 2.24. The van der Waals surface area contributed by atoms with Crippen LogP contribution in [0.5, 0.6) is 5.75 Å². The van der Waals surface area contributed by atoms with Crippen molar-refractivity contribution in [3.63, 3.8) is 0 Å². The minimum Gasteiger partial charge on any atom is -0.496 e. The lowest BCUT2D eigenvalue weighted by Gasteiger charge is -2.21. The summed E-state index contributed by atoms with van der Waals surface area (Å²) in [6.07, 6.45) is 0. The lowest BCUT2D eigenvalue weighted by Crippen LogP contribution is -2.40. The molecule has 0 saturated carbocycles. The number of methoxy groups -OCH3 is 1. The standard InChI is InChI=1S/C13H19BrN2O2/c1-13(2,12(15)17)8-16-7-9-6-10(14)4-5-11(9)18-3/h4-6,16H,7-8H2,1-3H3,(H2,15,17). The van der Waals surface area contributed by atoms with E-state index in [1.807, 2.05) is 32.0 Å². The van der Waals surface area contributed by atoms with Gasteiger partial charge >= 0.3 is 0 Å². The normalized spacial score (nSPS) is 11.3. The fraction of sp³-hybridized carbons (Fsp3) is 0.462. The summed E-state index contributed by atoms with van der Waals surface area (Å²) in [5.41, 5.74) is 5.80. The molecule has 18 heavy (non-hydrogen) atoms. The smallest absolute Gasteiger partial charge is 0.224 e. The predicted molar refractivity (Wildman–Crippen MR) is 75.4 cm³/mol. The Labute approximate surface area is 116 Å². The second-order valence-corrected chi connectivity index (χ2v) is 5.72. The first kappa shape index (κ1) is 15.0. The van der Waals surface area contributed by atoms with E-state index in [0.29, 0.717) is 13.1 Å². The van der Waals surface area contributed by atoms with Crippen LogP contribution in [-0.2, 0) is 11.3 Å². The number of nitrogens with two attached hydrogens (primary N) is 1. The van der Waals surface area contributed by atoms with Gasteiger partial charge in [0, 0.05) is 23.1 Å². The number of amides is 1. The average Bonchev–Trinajstić information content (AvgIpc) is 2.29. The van der Waals surface area contributed by atoms with Gasteiger partial charge < -0.3 is 15.8 Å². The monoisotopic (exact) mass is 314 g/mol. The summed E-state index contributed by atoms with van der Waals surface area (Å²) in [4.78, 5) is 11.2. The number of ether oxygens (including phenoxy) is 1. The average molecular weight is 315 g/mol. The van der Waals surface area contributed by atoms with Crippen LogP contribution in [0.4, 0.5) is 0 Å². The van der Waals surface area contributed by atoms with Crippen molar-refractivity contribution in [2.45, 2.75) is 20.4 Å². The number of carbonyl (C=O) groups excluding carboxylic acids is 1. The van der Waals surface area contributed by atoms with Gasteiger partial charge in [-0.1, -0.05) is 15.9 Å². The highest BCUT2D eigenvalue weighted by atomic mass is 79.9. The quantitative estimate of drug-likeness (QED) is 0.844. The maximum atomic E-state index is 11.2. The summed E-state index contributed by atoms with van der Waals surface area (Å²) in [7, 11) is 1.64. The molecule has 0 saturated heterocycles. The third-order valence-corrected chi connectivity index (χ3v) is 3.29. The Balaban J connectivity index is 2.64. The second-order valence-electron chi connectivity index (χ2n) is 4.81. The van der Waals surface area contributed by atoms with Crippen molar-refractivity contribution in [2.75, 3.05) is 13.7 Å². The molecular weight excluding hydrogens is 296 g/mol. The molecule has 0 aliphatic heterocycles. The zero-order valence-electron chi connectivity index (χ0n) is 10.9. The van der Waals surface area contributed by atoms with Crippen LogP contribution in [0.2, 0.25) is 0 Å². The number of rotatable bonds is 6. The molecule has 1 aromatic rings. The van der Waals surface area contributed by atoms with E-state index in [0.717, 1.165) is 15.8 Å². The van der Waals surface area contributed by atoms with Crippen LogP contribution in [0.25, 0.3) is 0 Å². The first-order valence-corrected chi connectivity index (χ1v) is 6.49. The Morgan fingerprint density at radius 3 is 2.72 bits per heavy atom. The van der Waals surface area contributed by atoms with Crippen molar-refractivity contribution >= 4 is 21.8 Å². The van der Waals surface area contributed by atoms with E-state index in [4.69, 9.17) is 10.5 Å². The van der Waals surface area contributed by atoms with Crippen LogP contribution in [0.15, 0.2) is 22.7 Å². The number of hydrogen-bond donors (Lipinski definition) is 2. The fourth-order valence-electron chi connectivity index (χ4n) is 1.48. The highest BCUT2D eigenvalue weighted by molar-refractivity contribution is 9.10. The van der Waals surface area contributed by atoms with Crippen LogP contribution >= 0.6 is 15.9 Å². The molecule has 1 amide bonds. The van der Waals surface area contributed by atoms with Crippen molar-refractivity contribution in [2.24, 2.45) is 11.1 Å². The largest absolute Gasteiger partial charge is 0.496 e. The number of halogens is 1. The van der Waals surface area contributed by atoms with Gasteiger partial charge in [-0.05, 0) is 32.0 Å². The molecule has 0 spiro atoms. The molecule has 0 aromatic heterocycles. The van der Waals surface area contributed by atoms with Gasteiger partial charge in [-0.15, -0.1) is 0 Å². The summed E-state index contributed by atoms with van der Waals surface area (Å²) in [5.74, 6) is 0.513. The topological polar surface area (TPSA) is 64.3 Å². The minimum atomic E-state index is -0.556. The molecule has 0 bridgehead atoms. The number of primary amides is 1. The van der Waals surface area contributed by atoms with Crippen molar-refractivity contribution in [3.05, 3.63) is 28.2 Å². The molecule has 5 heteroatoms. The zero-order valence-corrected chi connectivity index (χ0v) is 12.5. The Bertz CT molecular complexity index is 433. The van der Waals surface area contributed by atoms with E-state index in [9.17, 15) is 4.79 Å². The van der Waals surface area contributed by atoms with E-state index in [-0.39, 0.29) is 5.91 Å². The van der Waals surface area contributed by atoms with Gasteiger partial charge in [0.2, 0.25) is 5.91 Å². The lowest BCUT2D eigenvalue weighted by molar-refractivity contribution is -0.125. The van der Waals surface area contributed by atoms with Crippen LogP contribution in [-0.4, -0.2) is 19.6 Å². The van der Waals surface area contributed by atoms with Gasteiger partial charge in [0.05, 0.1) is 12.5 Å². The highest BCUT2D eigenvalue weighted by Crippen LogP contribution is 2.23. The molecule has 1 aromatic carbocycles. The summed E-state index contributed by atoms with van der Waals surface area (Å²) in [5, 5.41) is 3.22. The van der Waals surface area contributed by atoms with Crippen LogP contribution in [0, 0.1) is 5.41 Å². The first-order valence-electron chi connectivity index (χ1n) is 5.70. The molecule has 0 atom stereocenters. The predicted octanol–water partition coefficient (Wildman–Crippen LogP) is 2.06. The third kappa shape index (κ3) is 3.99. The Morgan fingerprint density at radius 1 is 1.50 bits per heavy atom. The SMILES string of the molecule is COc1ccc(Br)cc1CNCC(C)(C)C(N)=O. The summed E-state index contributed by atoms with van der Waals surface area (Å²) in [6, 6.07) is 5.82. The fourth-order valence-corrected chi connectivity index (χ4v) is 1.89. The molecule has 4 nitrogen and oxygen atoms in total. The van der Waals surface area contributed by atoms with E-state index in [1.165, 1.54) is 0 Å².